The van der Waals surface area contributed by atoms with Crippen molar-refractivity contribution in [1.29, 1.82) is 0 Å². The van der Waals surface area contributed by atoms with E-state index >= 15 is 4.39 Å². The summed E-state index contributed by atoms with van der Waals surface area (Å²) in [5.41, 5.74) is -0.560. The largest absolute Gasteiger partial charge is 0.491 e. The number of benzene rings is 1. The Labute approximate surface area is 119 Å². The molecule has 2 aliphatic rings. The normalized spacial score (nSPS) is 32.3. The van der Waals surface area contributed by atoms with Gasteiger partial charge in [-0.05, 0) is 18.9 Å². The lowest BCUT2D eigenvalue weighted by atomic mass is 9.82. The van der Waals surface area contributed by atoms with Gasteiger partial charge in [-0.3, -0.25) is 0 Å². The number of para-hydroxylation sites is 1. The van der Waals surface area contributed by atoms with E-state index in [1.54, 1.807) is 7.11 Å². The van der Waals surface area contributed by atoms with Crippen LogP contribution in [-0.2, 0) is 10.4 Å². The maximum absolute atomic E-state index is 15.5. The lowest BCUT2D eigenvalue weighted by Crippen LogP contribution is -2.44. The van der Waals surface area contributed by atoms with Crippen molar-refractivity contribution in [2.24, 2.45) is 0 Å². The van der Waals surface area contributed by atoms with Gasteiger partial charge in [0.05, 0.1) is 6.61 Å². The number of rotatable bonds is 5. The number of methoxy groups -OCH3 is 1. The molecule has 2 fully saturated rings. The second-order valence-electron chi connectivity index (χ2n) is 5.85. The topological polar surface area (TPSA) is 30.5 Å². The molecule has 2 bridgehead atoms. The van der Waals surface area contributed by atoms with Gasteiger partial charge in [0, 0.05) is 37.6 Å². The van der Waals surface area contributed by atoms with Gasteiger partial charge in [-0.15, -0.1) is 0 Å². The molecule has 2 aliphatic heterocycles. The predicted octanol–water partition coefficient (Wildman–Crippen LogP) is 2.79. The fourth-order valence-corrected chi connectivity index (χ4v) is 3.51. The molecule has 1 aromatic carbocycles. The smallest absolute Gasteiger partial charge is 0.142 e. The molecule has 0 aliphatic carbocycles. The fourth-order valence-electron chi connectivity index (χ4n) is 3.51. The molecule has 110 valence electrons. The summed E-state index contributed by atoms with van der Waals surface area (Å²) in [4.78, 5) is 0. The molecule has 2 atom stereocenters. The first-order valence-corrected chi connectivity index (χ1v) is 7.37. The fraction of sp³-hybridized carbons (Fsp3) is 0.625. The molecule has 3 rings (SSSR count). The van der Waals surface area contributed by atoms with E-state index in [2.05, 4.69) is 5.32 Å². The third kappa shape index (κ3) is 2.67. The highest BCUT2D eigenvalue weighted by Gasteiger charge is 2.46. The predicted molar refractivity (Wildman–Crippen MR) is 75.8 cm³/mol. The number of nitrogens with one attached hydrogen (secondary N) is 1. The lowest BCUT2D eigenvalue weighted by Gasteiger charge is -2.36. The van der Waals surface area contributed by atoms with E-state index < -0.39 is 5.67 Å². The molecule has 3 nitrogen and oxygen atoms in total. The molecule has 0 spiro atoms. The highest BCUT2D eigenvalue weighted by molar-refractivity contribution is 5.39. The minimum Gasteiger partial charge on any atom is -0.491 e. The molecule has 20 heavy (non-hydrogen) atoms. The first-order chi connectivity index (χ1) is 9.71. The van der Waals surface area contributed by atoms with Gasteiger partial charge in [-0.1, -0.05) is 18.2 Å². The molecule has 0 amide bonds. The second-order valence-corrected chi connectivity index (χ2v) is 5.85. The van der Waals surface area contributed by atoms with Gasteiger partial charge in [0.25, 0.3) is 0 Å². The zero-order chi connectivity index (χ0) is 14.0. The Balaban J connectivity index is 1.81. The van der Waals surface area contributed by atoms with Crippen LogP contribution in [0, 0.1) is 0 Å². The maximum Gasteiger partial charge on any atom is 0.142 e. The van der Waals surface area contributed by atoms with Gasteiger partial charge in [0.2, 0.25) is 0 Å². The second kappa shape index (κ2) is 5.70. The number of fused-ring (bicyclic) bond motifs is 2. The van der Waals surface area contributed by atoms with Crippen LogP contribution in [-0.4, -0.2) is 32.4 Å². The monoisotopic (exact) mass is 279 g/mol. The maximum atomic E-state index is 15.5. The summed E-state index contributed by atoms with van der Waals surface area (Å²) in [5, 5.41) is 3.49. The zero-order valence-corrected chi connectivity index (χ0v) is 11.9. The van der Waals surface area contributed by atoms with Crippen molar-refractivity contribution >= 4 is 0 Å². The summed E-state index contributed by atoms with van der Waals surface area (Å²) in [7, 11) is 1.64. The van der Waals surface area contributed by atoms with Crippen molar-refractivity contribution in [3.8, 4) is 5.75 Å². The van der Waals surface area contributed by atoms with E-state index in [1.807, 2.05) is 24.3 Å². The highest BCUT2D eigenvalue weighted by atomic mass is 19.1. The van der Waals surface area contributed by atoms with Crippen LogP contribution in [0.3, 0.4) is 0 Å². The average molecular weight is 279 g/mol. The molecule has 4 heteroatoms. The molecular weight excluding hydrogens is 257 g/mol. The standard InChI is InChI=1S/C16H22FNO2/c1-19-8-9-20-15-5-3-2-4-14(15)16(17)10-12-6-7-13(11-16)18-12/h2-5,12-13,18H,6-11H2,1H3. The van der Waals surface area contributed by atoms with Gasteiger partial charge >= 0.3 is 0 Å². The van der Waals surface area contributed by atoms with Crippen LogP contribution in [0.2, 0.25) is 0 Å². The van der Waals surface area contributed by atoms with Crippen LogP contribution in [0.4, 0.5) is 4.39 Å². The van der Waals surface area contributed by atoms with E-state index in [1.165, 1.54) is 0 Å². The van der Waals surface area contributed by atoms with Crippen molar-refractivity contribution in [1.82, 2.24) is 5.32 Å². The molecule has 0 saturated carbocycles. The molecule has 1 aromatic rings. The van der Waals surface area contributed by atoms with Crippen LogP contribution >= 0.6 is 0 Å². The number of hydrogen-bond acceptors (Lipinski definition) is 3. The molecule has 0 aromatic heterocycles. The number of hydrogen-bond donors (Lipinski definition) is 1. The van der Waals surface area contributed by atoms with Gasteiger partial charge < -0.3 is 14.8 Å². The number of alkyl halides is 1. The Morgan fingerprint density at radius 3 is 2.60 bits per heavy atom. The molecule has 2 unspecified atom stereocenters. The quantitative estimate of drug-likeness (QED) is 0.841. The van der Waals surface area contributed by atoms with Gasteiger partial charge in [-0.2, -0.15) is 0 Å². The Morgan fingerprint density at radius 1 is 1.20 bits per heavy atom. The molecular formula is C16H22FNO2. The van der Waals surface area contributed by atoms with E-state index in [-0.39, 0.29) is 0 Å². The third-order valence-corrected chi connectivity index (χ3v) is 4.39. The summed E-state index contributed by atoms with van der Waals surface area (Å²) in [6, 6.07) is 8.13. The van der Waals surface area contributed by atoms with Crippen LogP contribution in [0.15, 0.2) is 24.3 Å². The van der Waals surface area contributed by atoms with Crippen molar-refractivity contribution in [2.45, 2.75) is 43.4 Å². The number of ether oxygens (including phenoxy) is 2. The first kappa shape index (κ1) is 13.8. The SMILES string of the molecule is COCCOc1ccccc1C1(F)CC2CCC(C1)N2. The molecule has 1 N–H and O–H groups in total. The summed E-state index contributed by atoms with van der Waals surface area (Å²) >= 11 is 0. The lowest BCUT2D eigenvalue weighted by molar-refractivity contribution is 0.0809. The Morgan fingerprint density at radius 2 is 1.90 bits per heavy atom. The van der Waals surface area contributed by atoms with Crippen molar-refractivity contribution < 1.29 is 13.9 Å². The summed E-state index contributed by atoms with van der Waals surface area (Å²) in [6.45, 7) is 0.967. The van der Waals surface area contributed by atoms with E-state index in [9.17, 15) is 0 Å². The minimum atomic E-state index is -1.26. The minimum absolute atomic E-state index is 0.311. The Bertz CT molecular complexity index is 454. The summed E-state index contributed by atoms with van der Waals surface area (Å²) in [6.07, 6.45) is 3.27. The van der Waals surface area contributed by atoms with E-state index in [0.29, 0.717) is 49.5 Å². The average Bonchev–Trinajstić information content (AvgIpc) is 2.79. The number of piperidine rings is 1. The first-order valence-electron chi connectivity index (χ1n) is 7.37. The summed E-state index contributed by atoms with van der Waals surface area (Å²) < 4.78 is 26.2. The van der Waals surface area contributed by atoms with Crippen molar-refractivity contribution in [3.63, 3.8) is 0 Å². The number of halogens is 1. The van der Waals surface area contributed by atoms with Gasteiger partial charge in [0.15, 0.2) is 0 Å². The molecule has 0 radical (unpaired) electrons. The third-order valence-electron chi connectivity index (χ3n) is 4.39. The highest BCUT2D eigenvalue weighted by Crippen LogP contribution is 2.46. The Hall–Kier alpha value is -1.13. The van der Waals surface area contributed by atoms with Crippen molar-refractivity contribution in [3.05, 3.63) is 29.8 Å². The zero-order valence-electron chi connectivity index (χ0n) is 11.9. The van der Waals surface area contributed by atoms with Crippen molar-refractivity contribution in [2.75, 3.05) is 20.3 Å². The van der Waals surface area contributed by atoms with Crippen LogP contribution in [0.1, 0.15) is 31.2 Å². The van der Waals surface area contributed by atoms with E-state index in [0.717, 1.165) is 12.8 Å². The van der Waals surface area contributed by atoms with Crippen LogP contribution in [0.5, 0.6) is 5.75 Å². The van der Waals surface area contributed by atoms with Crippen LogP contribution in [0.25, 0.3) is 0 Å². The van der Waals surface area contributed by atoms with Crippen LogP contribution < -0.4 is 10.1 Å². The van der Waals surface area contributed by atoms with Gasteiger partial charge in [-0.25, -0.2) is 4.39 Å². The summed E-state index contributed by atoms with van der Waals surface area (Å²) in [5.74, 6) is 0.661. The van der Waals surface area contributed by atoms with E-state index in [4.69, 9.17) is 9.47 Å². The molecule has 2 saturated heterocycles. The molecule has 2 heterocycles. The van der Waals surface area contributed by atoms with Gasteiger partial charge in [0.1, 0.15) is 18.0 Å². The Kier molecular flexibility index (Phi) is 3.94.